The van der Waals surface area contributed by atoms with Crippen molar-refractivity contribution in [2.75, 3.05) is 0 Å². The van der Waals surface area contributed by atoms with Gasteiger partial charge in [0.1, 0.15) is 0 Å². The van der Waals surface area contributed by atoms with E-state index in [-0.39, 0.29) is 17.9 Å². The molecule has 0 saturated heterocycles. The lowest BCUT2D eigenvalue weighted by Crippen LogP contribution is -2.24. The third kappa shape index (κ3) is 2.56. The summed E-state index contributed by atoms with van der Waals surface area (Å²) in [6.07, 6.45) is 1.42. The van der Waals surface area contributed by atoms with Crippen molar-refractivity contribution < 1.29 is 4.79 Å². The van der Waals surface area contributed by atoms with Gasteiger partial charge in [0, 0.05) is 27.1 Å². The van der Waals surface area contributed by atoms with Crippen molar-refractivity contribution in [3.63, 3.8) is 0 Å². The zero-order chi connectivity index (χ0) is 13.3. The van der Waals surface area contributed by atoms with Crippen molar-refractivity contribution in [2.24, 2.45) is 0 Å². The van der Waals surface area contributed by atoms with E-state index in [1.807, 2.05) is 19.9 Å². The highest BCUT2D eigenvalue weighted by molar-refractivity contribution is 7.12. The monoisotopic (exact) mass is 262 g/mol. The van der Waals surface area contributed by atoms with Crippen LogP contribution in [-0.2, 0) is 6.54 Å². The van der Waals surface area contributed by atoms with Crippen molar-refractivity contribution in [3.8, 4) is 0 Å². The normalized spacial score (nSPS) is 10.6. The fraction of sp³-hybridized carbons (Fsp3) is 0.308. The Labute approximate surface area is 109 Å². The minimum absolute atomic E-state index is 0.0448. The molecule has 2 heterocycles. The second-order valence-electron chi connectivity index (χ2n) is 4.25. The zero-order valence-corrected chi connectivity index (χ0v) is 11.4. The van der Waals surface area contributed by atoms with E-state index < -0.39 is 0 Å². The fourth-order valence-electron chi connectivity index (χ4n) is 1.78. The maximum Gasteiger partial charge on any atom is 0.253 e. The fourth-order valence-corrected chi connectivity index (χ4v) is 2.73. The third-order valence-corrected chi connectivity index (χ3v) is 3.64. The van der Waals surface area contributed by atoms with E-state index in [0.717, 1.165) is 9.75 Å². The summed E-state index contributed by atoms with van der Waals surface area (Å²) in [6, 6.07) is 3.30. The molecule has 0 radical (unpaired) electrons. The number of hydrogen-bond donors (Lipinski definition) is 0. The summed E-state index contributed by atoms with van der Waals surface area (Å²) in [4.78, 5) is 29.9. The Bertz CT molecular complexity index is 655. The Hall–Kier alpha value is -1.75. The summed E-state index contributed by atoms with van der Waals surface area (Å²) in [5, 5.41) is 0. The maximum atomic E-state index is 12.1. The summed E-state index contributed by atoms with van der Waals surface area (Å²) < 4.78 is 1.34. The quantitative estimate of drug-likeness (QED) is 0.796. The molecule has 0 amide bonds. The van der Waals surface area contributed by atoms with Gasteiger partial charge in [-0.05, 0) is 26.8 Å². The Morgan fingerprint density at radius 2 is 2.06 bits per heavy atom. The number of ketones is 1. The Kier molecular flexibility index (Phi) is 3.43. The highest BCUT2D eigenvalue weighted by Gasteiger charge is 2.13. The number of thiophene rings is 1. The molecule has 2 rings (SSSR count). The molecule has 0 saturated carbocycles. The first-order valence-corrected chi connectivity index (χ1v) is 6.42. The van der Waals surface area contributed by atoms with Gasteiger partial charge in [0.15, 0.2) is 5.78 Å². The SMILES string of the molecule is Cc1cc(=O)n(CC(=O)c2cc(C)sc2C)cn1. The van der Waals surface area contributed by atoms with Crippen LogP contribution in [0.3, 0.4) is 0 Å². The van der Waals surface area contributed by atoms with Gasteiger partial charge < -0.3 is 0 Å². The lowest BCUT2D eigenvalue weighted by Gasteiger charge is -2.04. The van der Waals surface area contributed by atoms with E-state index in [1.54, 1.807) is 18.3 Å². The summed E-state index contributed by atoms with van der Waals surface area (Å²) in [5.74, 6) is -0.0513. The molecule has 0 spiro atoms. The molecule has 0 N–H and O–H groups in total. The minimum Gasteiger partial charge on any atom is -0.292 e. The van der Waals surface area contributed by atoms with Crippen molar-refractivity contribution in [2.45, 2.75) is 27.3 Å². The maximum absolute atomic E-state index is 12.1. The van der Waals surface area contributed by atoms with Crippen LogP contribution in [0.1, 0.15) is 25.8 Å². The predicted molar refractivity (Wildman–Crippen MR) is 71.4 cm³/mol. The number of hydrogen-bond acceptors (Lipinski definition) is 4. The van der Waals surface area contributed by atoms with Crippen LogP contribution in [0.25, 0.3) is 0 Å². The zero-order valence-electron chi connectivity index (χ0n) is 10.6. The van der Waals surface area contributed by atoms with Gasteiger partial charge in [0.2, 0.25) is 0 Å². The molecule has 0 fully saturated rings. The molecule has 4 nitrogen and oxygen atoms in total. The summed E-state index contributed by atoms with van der Waals surface area (Å²) in [5.41, 5.74) is 1.16. The third-order valence-electron chi connectivity index (χ3n) is 2.67. The van der Waals surface area contributed by atoms with Crippen LogP contribution in [0.5, 0.6) is 0 Å². The van der Waals surface area contributed by atoms with Crippen LogP contribution in [0.4, 0.5) is 0 Å². The molecule has 2 aromatic heterocycles. The highest BCUT2D eigenvalue weighted by Crippen LogP contribution is 2.21. The van der Waals surface area contributed by atoms with E-state index in [1.165, 1.54) is 17.0 Å². The van der Waals surface area contributed by atoms with Gasteiger partial charge in [-0.15, -0.1) is 11.3 Å². The summed E-state index contributed by atoms with van der Waals surface area (Å²) >= 11 is 1.59. The molecule has 0 aliphatic rings. The molecule has 0 atom stereocenters. The van der Waals surface area contributed by atoms with Crippen LogP contribution in [0.2, 0.25) is 0 Å². The van der Waals surface area contributed by atoms with Crippen molar-refractivity contribution in [3.05, 3.63) is 49.8 Å². The molecule has 94 valence electrons. The average molecular weight is 262 g/mol. The van der Waals surface area contributed by atoms with E-state index in [2.05, 4.69) is 4.98 Å². The molecule has 5 heteroatoms. The lowest BCUT2D eigenvalue weighted by molar-refractivity contribution is 0.0970. The van der Waals surface area contributed by atoms with E-state index >= 15 is 0 Å². The van der Waals surface area contributed by atoms with Gasteiger partial charge in [-0.2, -0.15) is 0 Å². The van der Waals surface area contributed by atoms with Crippen molar-refractivity contribution >= 4 is 17.1 Å². The molecule has 0 bridgehead atoms. The van der Waals surface area contributed by atoms with Crippen LogP contribution < -0.4 is 5.56 Å². The van der Waals surface area contributed by atoms with E-state index in [4.69, 9.17) is 0 Å². The van der Waals surface area contributed by atoms with Crippen LogP contribution in [-0.4, -0.2) is 15.3 Å². The Morgan fingerprint density at radius 1 is 1.33 bits per heavy atom. The topological polar surface area (TPSA) is 52.0 Å². The number of carbonyl (C=O) groups is 1. The summed E-state index contributed by atoms with van der Waals surface area (Å²) in [7, 11) is 0. The van der Waals surface area contributed by atoms with Gasteiger partial charge >= 0.3 is 0 Å². The molecular formula is C13H14N2O2S. The molecular weight excluding hydrogens is 248 g/mol. The minimum atomic E-state index is -0.194. The molecule has 0 aliphatic heterocycles. The molecule has 2 aromatic rings. The van der Waals surface area contributed by atoms with Gasteiger partial charge in [-0.1, -0.05) is 0 Å². The lowest BCUT2D eigenvalue weighted by atomic mass is 10.1. The van der Waals surface area contributed by atoms with Gasteiger partial charge in [0.25, 0.3) is 5.56 Å². The van der Waals surface area contributed by atoms with Gasteiger partial charge in [-0.3, -0.25) is 14.2 Å². The molecule has 0 unspecified atom stereocenters. The van der Waals surface area contributed by atoms with Gasteiger partial charge in [0.05, 0.1) is 12.9 Å². The smallest absolute Gasteiger partial charge is 0.253 e. The predicted octanol–water partition coefficient (Wildman–Crippen LogP) is 2.11. The van der Waals surface area contributed by atoms with Crippen molar-refractivity contribution in [1.29, 1.82) is 0 Å². The number of aryl methyl sites for hydroxylation is 3. The Balaban J connectivity index is 2.27. The number of rotatable bonds is 3. The van der Waals surface area contributed by atoms with Crippen LogP contribution in [0.15, 0.2) is 23.3 Å². The summed E-state index contributed by atoms with van der Waals surface area (Å²) in [6.45, 7) is 5.68. The molecule has 18 heavy (non-hydrogen) atoms. The first-order valence-electron chi connectivity index (χ1n) is 5.60. The standard InChI is InChI=1S/C13H14N2O2S/c1-8-4-13(17)15(7-14-8)6-12(16)11-5-9(2)18-10(11)3/h4-5,7H,6H2,1-3H3. The van der Waals surface area contributed by atoms with E-state index in [0.29, 0.717) is 11.3 Å². The molecule has 0 aromatic carbocycles. The van der Waals surface area contributed by atoms with Crippen LogP contribution in [0, 0.1) is 20.8 Å². The first kappa shape index (κ1) is 12.7. The average Bonchev–Trinajstić information content (AvgIpc) is 2.62. The van der Waals surface area contributed by atoms with Crippen LogP contribution >= 0.6 is 11.3 Å². The van der Waals surface area contributed by atoms with Gasteiger partial charge in [-0.25, -0.2) is 4.98 Å². The van der Waals surface area contributed by atoms with E-state index in [9.17, 15) is 9.59 Å². The number of Topliss-reactive ketones (excluding diaryl/α,β-unsaturated/α-hetero) is 1. The first-order chi connectivity index (χ1) is 8.47. The second kappa shape index (κ2) is 4.86. The molecule has 0 aliphatic carbocycles. The number of nitrogens with zero attached hydrogens (tertiary/aromatic N) is 2. The highest BCUT2D eigenvalue weighted by atomic mass is 32.1. The number of carbonyl (C=O) groups excluding carboxylic acids is 1. The number of aromatic nitrogens is 2. The second-order valence-corrected chi connectivity index (χ2v) is 5.71. The van der Waals surface area contributed by atoms with Crippen molar-refractivity contribution in [1.82, 2.24) is 9.55 Å². The largest absolute Gasteiger partial charge is 0.292 e. The Morgan fingerprint density at radius 3 is 2.61 bits per heavy atom.